The quantitative estimate of drug-likeness (QED) is 0.893. The van der Waals surface area contributed by atoms with Crippen LogP contribution in [-0.2, 0) is 4.79 Å². The van der Waals surface area contributed by atoms with E-state index in [-0.39, 0.29) is 12.3 Å². The van der Waals surface area contributed by atoms with Gasteiger partial charge in [0.05, 0.1) is 6.42 Å². The Morgan fingerprint density at radius 1 is 1.20 bits per heavy atom. The van der Waals surface area contributed by atoms with Gasteiger partial charge in [-0.15, -0.1) is 0 Å². The molecular weight excluding hydrogens is 252 g/mol. The number of fused-ring (bicyclic) bond motifs is 1. The zero-order chi connectivity index (χ0) is 13.9. The normalized spacial score (nSPS) is 22.2. The van der Waals surface area contributed by atoms with E-state index in [9.17, 15) is 4.79 Å². The Morgan fingerprint density at radius 2 is 1.95 bits per heavy atom. The van der Waals surface area contributed by atoms with E-state index in [1.807, 2.05) is 12.1 Å². The molecule has 0 saturated carbocycles. The van der Waals surface area contributed by atoms with Gasteiger partial charge < -0.3 is 14.9 Å². The monoisotopic (exact) mass is 274 g/mol. The summed E-state index contributed by atoms with van der Waals surface area (Å²) in [6, 6.07) is 8.27. The molecule has 4 nitrogen and oxygen atoms in total. The number of nitrogens with zero attached hydrogens (tertiary/aromatic N) is 2. The first-order chi connectivity index (χ1) is 9.74. The van der Waals surface area contributed by atoms with Crippen molar-refractivity contribution < 1.29 is 9.90 Å². The molecule has 3 rings (SSSR count). The lowest BCUT2D eigenvalue weighted by Crippen LogP contribution is -2.33. The lowest BCUT2D eigenvalue weighted by atomic mass is 9.98. The van der Waals surface area contributed by atoms with Crippen molar-refractivity contribution in [2.75, 3.05) is 37.6 Å². The van der Waals surface area contributed by atoms with Crippen molar-refractivity contribution >= 4 is 11.7 Å². The van der Waals surface area contributed by atoms with Crippen molar-refractivity contribution in [2.24, 2.45) is 0 Å². The van der Waals surface area contributed by atoms with E-state index in [1.54, 1.807) is 0 Å². The van der Waals surface area contributed by atoms with Gasteiger partial charge >= 0.3 is 5.97 Å². The van der Waals surface area contributed by atoms with Crippen LogP contribution in [0.3, 0.4) is 0 Å². The number of likely N-dealkylation sites (tertiary alicyclic amines) is 1. The van der Waals surface area contributed by atoms with E-state index in [2.05, 4.69) is 21.9 Å². The minimum absolute atomic E-state index is 0.141. The molecule has 0 amide bonds. The summed E-state index contributed by atoms with van der Waals surface area (Å²) in [5, 5.41) is 9.06. The van der Waals surface area contributed by atoms with Crippen LogP contribution in [0.4, 0.5) is 5.69 Å². The third-order valence-corrected chi connectivity index (χ3v) is 4.46. The molecule has 108 valence electrons. The fourth-order valence-corrected chi connectivity index (χ4v) is 3.45. The number of rotatable bonds is 5. The summed E-state index contributed by atoms with van der Waals surface area (Å²) in [7, 11) is 0. The third kappa shape index (κ3) is 2.80. The van der Waals surface area contributed by atoms with Crippen molar-refractivity contribution in [3.63, 3.8) is 0 Å². The van der Waals surface area contributed by atoms with Crippen LogP contribution in [0.1, 0.15) is 30.7 Å². The van der Waals surface area contributed by atoms with Gasteiger partial charge in [-0.2, -0.15) is 0 Å². The average molecular weight is 274 g/mol. The topological polar surface area (TPSA) is 43.8 Å². The number of para-hydroxylation sites is 1. The Labute approximate surface area is 120 Å². The second-order valence-electron chi connectivity index (χ2n) is 5.85. The maximum atomic E-state index is 11.0. The zero-order valence-corrected chi connectivity index (χ0v) is 11.8. The first-order valence-corrected chi connectivity index (χ1v) is 7.52. The molecule has 1 fully saturated rings. The molecular formula is C16H22N2O2. The predicted molar refractivity (Wildman–Crippen MR) is 79.3 cm³/mol. The summed E-state index contributed by atoms with van der Waals surface area (Å²) in [6.07, 6.45) is 2.87. The highest BCUT2D eigenvalue weighted by Gasteiger charge is 2.29. The molecule has 1 aromatic rings. The minimum atomic E-state index is -0.703. The molecule has 4 heteroatoms. The summed E-state index contributed by atoms with van der Waals surface area (Å²) in [5.41, 5.74) is 2.44. The van der Waals surface area contributed by atoms with E-state index in [0.29, 0.717) is 0 Å². The number of aliphatic carboxylic acids is 1. The molecule has 2 aliphatic rings. The molecule has 0 bridgehead atoms. The average Bonchev–Trinajstić information content (AvgIpc) is 3.05. The fourth-order valence-electron chi connectivity index (χ4n) is 3.45. The van der Waals surface area contributed by atoms with Gasteiger partial charge in [-0.05, 0) is 37.6 Å². The Morgan fingerprint density at radius 3 is 2.70 bits per heavy atom. The molecule has 0 spiro atoms. The molecule has 1 unspecified atom stereocenters. The van der Waals surface area contributed by atoms with Gasteiger partial charge in [0.15, 0.2) is 0 Å². The standard InChI is InChI=1S/C16H22N2O2/c19-16(20)11-13-12-18(10-9-17-7-3-4-8-17)15-6-2-1-5-14(13)15/h1-2,5-6,13H,3-4,7-12H2,(H,19,20). The van der Waals surface area contributed by atoms with Crippen LogP contribution in [0, 0.1) is 0 Å². The van der Waals surface area contributed by atoms with Crippen LogP contribution < -0.4 is 4.90 Å². The smallest absolute Gasteiger partial charge is 0.304 e. The lowest BCUT2D eigenvalue weighted by molar-refractivity contribution is -0.137. The number of hydrogen-bond donors (Lipinski definition) is 1. The SMILES string of the molecule is O=C(O)CC1CN(CCN2CCCC2)c2ccccc21. The second kappa shape index (κ2) is 5.83. The molecule has 1 aromatic carbocycles. The summed E-state index contributed by atoms with van der Waals surface area (Å²) < 4.78 is 0. The van der Waals surface area contributed by atoms with Gasteiger partial charge in [-0.1, -0.05) is 18.2 Å². The zero-order valence-electron chi connectivity index (χ0n) is 11.8. The number of benzene rings is 1. The highest BCUT2D eigenvalue weighted by Crippen LogP contribution is 2.37. The van der Waals surface area contributed by atoms with E-state index < -0.39 is 5.97 Å². The number of carbonyl (C=O) groups is 1. The van der Waals surface area contributed by atoms with Gasteiger partial charge in [-0.25, -0.2) is 0 Å². The summed E-state index contributed by atoms with van der Waals surface area (Å²) >= 11 is 0. The van der Waals surface area contributed by atoms with Gasteiger partial charge in [0, 0.05) is 31.2 Å². The maximum Gasteiger partial charge on any atom is 0.304 e. The maximum absolute atomic E-state index is 11.0. The number of carboxylic acids is 1. The van der Waals surface area contributed by atoms with Gasteiger partial charge in [0.1, 0.15) is 0 Å². The van der Waals surface area contributed by atoms with Crippen molar-refractivity contribution in [3.8, 4) is 0 Å². The van der Waals surface area contributed by atoms with E-state index in [4.69, 9.17) is 5.11 Å². The van der Waals surface area contributed by atoms with Crippen LogP contribution in [0.5, 0.6) is 0 Å². The summed E-state index contributed by atoms with van der Waals surface area (Å²) in [4.78, 5) is 15.9. The molecule has 2 heterocycles. The lowest BCUT2D eigenvalue weighted by Gasteiger charge is -2.23. The van der Waals surface area contributed by atoms with Crippen LogP contribution >= 0.6 is 0 Å². The molecule has 0 aromatic heterocycles. The third-order valence-electron chi connectivity index (χ3n) is 4.46. The Kier molecular flexibility index (Phi) is 3.92. The fraction of sp³-hybridized carbons (Fsp3) is 0.562. The van der Waals surface area contributed by atoms with E-state index in [0.717, 1.165) is 19.6 Å². The number of carboxylic acid groups (broad SMARTS) is 1. The molecule has 1 saturated heterocycles. The van der Waals surface area contributed by atoms with E-state index in [1.165, 1.54) is 37.2 Å². The highest BCUT2D eigenvalue weighted by atomic mass is 16.4. The minimum Gasteiger partial charge on any atom is -0.481 e. The first kappa shape index (κ1) is 13.4. The van der Waals surface area contributed by atoms with Crippen molar-refractivity contribution in [2.45, 2.75) is 25.2 Å². The second-order valence-corrected chi connectivity index (χ2v) is 5.85. The Balaban J connectivity index is 1.67. The Bertz CT molecular complexity index is 483. The molecule has 0 radical (unpaired) electrons. The molecule has 0 aliphatic carbocycles. The Hall–Kier alpha value is -1.55. The first-order valence-electron chi connectivity index (χ1n) is 7.52. The molecule has 20 heavy (non-hydrogen) atoms. The van der Waals surface area contributed by atoms with Crippen LogP contribution in [0.15, 0.2) is 24.3 Å². The molecule has 2 aliphatic heterocycles. The number of anilines is 1. The predicted octanol–water partition coefficient (Wildman–Crippen LogP) is 2.16. The summed E-state index contributed by atoms with van der Waals surface area (Å²) in [6.45, 7) is 5.38. The molecule has 1 N–H and O–H groups in total. The van der Waals surface area contributed by atoms with Gasteiger partial charge in [-0.3, -0.25) is 4.79 Å². The van der Waals surface area contributed by atoms with Crippen molar-refractivity contribution in [1.29, 1.82) is 0 Å². The van der Waals surface area contributed by atoms with Gasteiger partial charge in [0.2, 0.25) is 0 Å². The highest BCUT2D eigenvalue weighted by molar-refractivity contribution is 5.71. The van der Waals surface area contributed by atoms with Crippen molar-refractivity contribution in [3.05, 3.63) is 29.8 Å². The van der Waals surface area contributed by atoms with Crippen molar-refractivity contribution in [1.82, 2.24) is 4.90 Å². The number of hydrogen-bond acceptors (Lipinski definition) is 3. The largest absolute Gasteiger partial charge is 0.481 e. The van der Waals surface area contributed by atoms with Crippen LogP contribution in [0.2, 0.25) is 0 Å². The van der Waals surface area contributed by atoms with E-state index >= 15 is 0 Å². The van der Waals surface area contributed by atoms with Crippen LogP contribution in [0.25, 0.3) is 0 Å². The van der Waals surface area contributed by atoms with Crippen LogP contribution in [-0.4, -0.2) is 48.7 Å². The van der Waals surface area contributed by atoms with Gasteiger partial charge in [0.25, 0.3) is 0 Å². The molecule has 1 atom stereocenters. The summed E-state index contributed by atoms with van der Waals surface area (Å²) in [5.74, 6) is -0.562.